The molecule has 12 rings (SSSR count). The largest absolute Gasteiger partial charge is 0.456 e. The van der Waals surface area contributed by atoms with Crippen molar-refractivity contribution in [2.75, 3.05) is 4.90 Å². The van der Waals surface area contributed by atoms with E-state index in [9.17, 15) is 0 Å². The minimum Gasteiger partial charge on any atom is -0.456 e. The Balaban J connectivity index is 0.905. The summed E-state index contributed by atoms with van der Waals surface area (Å²) in [6.45, 7) is 0. The minimum absolute atomic E-state index is 0.140. The number of anilines is 2. The molecule has 10 aromatic rings. The maximum absolute atomic E-state index is 6.55. The summed E-state index contributed by atoms with van der Waals surface area (Å²) in [7, 11) is 0. The Morgan fingerprint density at radius 2 is 0.839 bits per heavy atom. The summed E-state index contributed by atoms with van der Waals surface area (Å²) in [5.41, 5.74) is 15.5. The van der Waals surface area contributed by atoms with Crippen molar-refractivity contribution >= 4 is 28.4 Å². The van der Waals surface area contributed by atoms with Gasteiger partial charge in [0.25, 0.3) is 0 Å². The second kappa shape index (κ2) is 14.8. The third-order valence-electron chi connectivity index (χ3n) is 12.3. The van der Waals surface area contributed by atoms with Gasteiger partial charge < -0.3 is 9.32 Å². The molecule has 0 fully saturated rings. The first-order valence-corrected chi connectivity index (χ1v) is 21.1. The maximum atomic E-state index is 6.55. The molecule has 2 aliphatic rings. The average molecular weight is 795 g/mol. The molecule has 3 heterocycles. The molecule has 0 saturated carbocycles. The zero-order valence-corrected chi connectivity index (χ0v) is 33.6. The van der Waals surface area contributed by atoms with E-state index in [0.717, 1.165) is 55.7 Å². The second-order valence-electron chi connectivity index (χ2n) is 16.0. The normalized spacial score (nSPS) is 15.0. The van der Waals surface area contributed by atoms with E-state index in [0.29, 0.717) is 17.5 Å². The van der Waals surface area contributed by atoms with Gasteiger partial charge in [0.15, 0.2) is 17.5 Å². The molecule has 0 radical (unpaired) electrons. The van der Waals surface area contributed by atoms with Crippen molar-refractivity contribution < 1.29 is 4.42 Å². The van der Waals surface area contributed by atoms with Crippen LogP contribution in [0.4, 0.5) is 11.4 Å². The van der Waals surface area contributed by atoms with Gasteiger partial charge >= 0.3 is 0 Å². The molecular weight excluding hydrogens is 757 g/mol. The van der Waals surface area contributed by atoms with Crippen LogP contribution in [0.15, 0.2) is 217 Å². The molecule has 5 nitrogen and oxygen atoms in total. The molecule has 0 saturated heterocycles. The first-order valence-electron chi connectivity index (χ1n) is 21.1. The zero-order valence-electron chi connectivity index (χ0n) is 33.6. The van der Waals surface area contributed by atoms with Crippen molar-refractivity contribution in [2.24, 2.45) is 0 Å². The number of para-hydroxylation sites is 2. The van der Waals surface area contributed by atoms with Crippen LogP contribution < -0.4 is 4.90 Å². The molecular formula is C57H38N4O. The highest BCUT2D eigenvalue weighted by atomic mass is 16.3. The Morgan fingerprint density at radius 3 is 1.39 bits per heavy atom. The fraction of sp³-hybridized carbons (Fsp3) is 0.0351. The zero-order chi connectivity index (χ0) is 41.0. The van der Waals surface area contributed by atoms with Crippen LogP contribution in [0.2, 0.25) is 0 Å². The summed E-state index contributed by atoms with van der Waals surface area (Å²) in [5.74, 6) is 2.95. The molecule has 0 amide bonds. The maximum Gasteiger partial charge on any atom is 0.164 e. The summed E-state index contributed by atoms with van der Waals surface area (Å²) in [4.78, 5) is 17.7. The molecule has 2 unspecified atom stereocenters. The van der Waals surface area contributed by atoms with Gasteiger partial charge in [0.1, 0.15) is 11.3 Å². The van der Waals surface area contributed by atoms with Gasteiger partial charge in [-0.1, -0.05) is 182 Å². The van der Waals surface area contributed by atoms with Gasteiger partial charge in [0, 0.05) is 44.9 Å². The molecule has 1 aliphatic heterocycles. The van der Waals surface area contributed by atoms with Gasteiger partial charge in [0.05, 0.1) is 6.04 Å². The lowest BCUT2D eigenvalue weighted by Crippen LogP contribution is -2.30. The van der Waals surface area contributed by atoms with Crippen LogP contribution in [0.5, 0.6) is 0 Å². The summed E-state index contributed by atoms with van der Waals surface area (Å²) in [6.07, 6.45) is 4.47. The predicted molar refractivity (Wildman–Crippen MR) is 252 cm³/mol. The van der Waals surface area contributed by atoms with Crippen molar-refractivity contribution in [3.8, 4) is 67.5 Å². The Kier molecular flexibility index (Phi) is 8.56. The van der Waals surface area contributed by atoms with Crippen LogP contribution in [0.1, 0.15) is 22.8 Å². The van der Waals surface area contributed by atoms with Crippen molar-refractivity contribution in [2.45, 2.75) is 12.0 Å². The number of fused-ring (bicyclic) bond motifs is 7. The number of benzene rings is 8. The number of nitrogens with zero attached hydrogens (tertiary/aromatic N) is 4. The van der Waals surface area contributed by atoms with Gasteiger partial charge in [-0.15, -0.1) is 0 Å². The first-order chi connectivity index (χ1) is 30.7. The topological polar surface area (TPSA) is 55.1 Å². The summed E-state index contributed by atoms with van der Waals surface area (Å²) >= 11 is 0. The molecule has 1 aliphatic carbocycles. The Hall–Kier alpha value is -8.15. The summed E-state index contributed by atoms with van der Waals surface area (Å²) < 4.78 is 6.55. The number of aromatic nitrogens is 3. The Bertz CT molecular complexity index is 3170. The first kappa shape index (κ1) is 35.8. The van der Waals surface area contributed by atoms with E-state index in [1.54, 1.807) is 0 Å². The third kappa shape index (κ3) is 6.22. The molecule has 0 N–H and O–H groups in total. The highest BCUT2D eigenvalue weighted by molar-refractivity contribution is 5.93. The molecule has 5 heteroatoms. The number of hydrogen-bond donors (Lipinski definition) is 0. The lowest BCUT2D eigenvalue weighted by molar-refractivity contribution is 0.584. The SMILES string of the molecule is C1=CC2C(c3ccccc3N2c2ccccc2)c2c1oc1ccc(-c3ccc(-c4nc(-c5ccc(-c6ccccc6)cc5)nc(-c5ccc(-c6ccccc6)cc5)n4)cc3)cc21. The average Bonchev–Trinajstić information content (AvgIpc) is 3.90. The van der Waals surface area contributed by atoms with E-state index in [-0.39, 0.29) is 12.0 Å². The van der Waals surface area contributed by atoms with Crippen LogP contribution in [0, 0.1) is 0 Å². The molecule has 62 heavy (non-hydrogen) atoms. The van der Waals surface area contributed by atoms with Gasteiger partial charge in [-0.05, 0) is 75.4 Å². The number of hydrogen-bond acceptors (Lipinski definition) is 5. The van der Waals surface area contributed by atoms with E-state index < -0.39 is 0 Å². The van der Waals surface area contributed by atoms with Crippen LogP contribution in [0.25, 0.3) is 84.6 Å². The standard InChI is InChI=1S/C57H38N4O/c1-4-12-37(13-5-1)39-20-26-42(27-21-39)55-58-56(43-28-22-40(23-29-43)38-14-6-2-7-15-38)60-57(59-55)44-30-24-41(25-31-44)45-32-34-51-48(36-45)54-52(62-51)35-33-50-53(54)47-18-10-11-19-49(47)61(50)46-16-8-3-9-17-46/h1-36,50,53H. The monoisotopic (exact) mass is 794 g/mol. The number of furan rings is 1. The summed E-state index contributed by atoms with van der Waals surface area (Å²) in [5, 5.41) is 1.15. The Labute approximate surface area is 360 Å². The number of rotatable bonds is 7. The summed E-state index contributed by atoms with van der Waals surface area (Å²) in [6, 6.07) is 72.5. The molecule has 8 aromatic carbocycles. The van der Waals surface area contributed by atoms with E-state index >= 15 is 0 Å². The smallest absolute Gasteiger partial charge is 0.164 e. The van der Waals surface area contributed by atoms with Gasteiger partial charge in [-0.3, -0.25) is 0 Å². The van der Waals surface area contributed by atoms with Gasteiger partial charge in [-0.2, -0.15) is 0 Å². The molecule has 0 spiro atoms. The fourth-order valence-electron chi connectivity index (χ4n) is 9.29. The van der Waals surface area contributed by atoms with E-state index in [1.165, 1.54) is 33.6 Å². The second-order valence-corrected chi connectivity index (χ2v) is 16.0. The van der Waals surface area contributed by atoms with Crippen molar-refractivity contribution in [1.82, 2.24) is 15.0 Å². The minimum atomic E-state index is 0.140. The molecule has 2 atom stereocenters. The Morgan fingerprint density at radius 1 is 0.403 bits per heavy atom. The highest BCUT2D eigenvalue weighted by Gasteiger charge is 2.43. The molecule has 0 bridgehead atoms. The van der Waals surface area contributed by atoms with E-state index in [4.69, 9.17) is 19.4 Å². The van der Waals surface area contributed by atoms with Crippen molar-refractivity contribution in [1.29, 1.82) is 0 Å². The van der Waals surface area contributed by atoms with Crippen LogP contribution in [-0.2, 0) is 0 Å². The molecule has 292 valence electrons. The van der Waals surface area contributed by atoms with Crippen LogP contribution in [0.3, 0.4) is 0 Å². The quantitative estimate of drug-likeness (QED) is 0.161. The van der Waals surface area contributed by atoms with Crippen LogP contribution >= 0.6 is 0 Å². The van der Waals surface area contributed by atoms with E-state index in [2.05, 4.69) is 211 Å². The van der Waals surface area contributed by atoms with Crippen molar-refractivity contribution in [3.63, 3.8) is 0 Å². The van der Waals surface area contributed by atoms with Gasteiger partial charge in [-0.25, -0.2) is 15.0 Å². The highest BCUT2D eigenvalue weighted by Crippen LogP contribution is 2.53. The van der Waals surface area contributed by atoms with Gasteiger partial charge in [0.2, 0.25) is 0 Å². The van der Waals surface area contributed by atoms with E-state index in [1.807, 2.05) is 12.1 Å². The lowest BCUT2D eigenvalue weighted by Gasteiger charge is -2.30. The van der Waals surface area contributed by atoms with Crippen LogP contribution in [-0.4, -0.2) is 21.0 Å². The predicted octanol–water partition coefficient (Wildman–Crippen LogP) is 14.3. The third-order valence-corrected chi connectivity index (χ3v) is 12.3. The lowest BCUT2D eigenvalue weighted by atomic mass is 9.82. The van der Waals surface area contributed by atoms with Crippen molar-refractivity contribution in [3.05, 3.63) is 229 Å². The fourth-order valence-corrected chi connectivity index (χ4v) is 9.29. The molecule has 2 aromatic heterocycles.